The van der Waals surface area contributed by atoms with E-state index in [1.54, 1.807) is 17.5 Å². The predicted molar refractivity (Wildman–Crippen MR) is 113 cm³/mol. The minimum Gasteiger partial charge on any atom is -0.481 e. The van der Waals surface area contributed by atoms with Crippen LogP contribution in [0.4, 0.5) is 5.95 Å². The molecule has 0 fully saturated rings. The molecular formula is C19H21N5O6S. The second-order valence-corrected chi connectivity index (χ2v) is 7.97. The molecule has 1 amide bonds. The topological polar surface area (TPSA) is 191 Å². The van der Waals surface area contributed by atoms with Crippen molar-refractivity contribution in [2.24, 2.45) is 0 Å². The van der Waals surface area contributed by atoms with Gasteiger partial charge in [-0.05, 0) is 37.8 Å². The molecule has 3 rings (SSSR count). The molecule has 0 aliphatic heterocycles. The van der Waals surface area contributed by atoms with Crippen molar-refractivity contribution in [1.29, 1.82) is 0 Å². The Morgan fingerprint density at radius 2 is 1.90 bits per heavy atom. The highest BCUT2D eigenvalue weighted by Gasteiger charge is 2.24. The number of nitrogens with one attached hydrogen (secondary N) is 3. The number of rotatable bonds is 10. The van der Waals surface area contributed by atoms with Crippen molar-refractivity contribution in [2.45, 2.75) is 38.1 Å². The van der Waals surface area contributed by atoms with Gasteiger partial charge in [0, 0.05) is 16.0 Å². The SMILES string of the molecule is Nc1nc2[nH]c(CCCCc3cc(C(=O)N[C@@H](CC(=O)O)C(=O)O)cs3)cc2c(=O)[nH]1. The molecule has 0 aliphatic rings. The van der Waals surface area contributed by atoms with Crippen molar-refractivity contribution >= 4 is 46.2 Å². The molecule has 164 valence electrons. The second-order valence-electron chi connectivity index (χ2n) is 6.98. The first-order valence-corrected chi connectivity index (χ1v) is 10.3. The summed E-state index contributed by atoms with van der Waals surface area (Å²) in [4.78, 5) is 56.4. The number of nitrogens with two attached hydrogens (primary N) is 1. The number of aliphatic carboxylic acids is 2. The average molecular weight is 447 g/mol. The van der Waals surface area contributed by atoms with Crippen molar-refractivity contribution in [2.75, 3.05) is 5.73 Å². The maximum Gasteiger partial charge on any atom is 0.326 e. The van der Waals surface area contributed by atoms with E-state index in [0.29, 0.717) is 23.0 Å². The molecule has 0 unspecified atom stereocenters. The Labute approximate surface area is 179 Å². The predicted octanol–water partition coefficient (Wildman–Crippen LogP) is 1.12. The summed E-state index contributed by atoms with van der Waals surface area (Å²) in [6, 6.07) is 1.95. The number of aromatic nitrogens is 3. The number of aryl methyl sites for hydroxylation is 2. The van der Waals surface area contributed by atoms with E-state index in [9.17, 15) is 19.2 Å². The maximum absolute atomic E-state index is 12.2. The van der Waals surface area contributed by atoms with E-state index >= 15 is 0 Å². The van der Waals surface area contributed by atoms with Crippen molar-refractivity contribution in [1.82, 2.24) is 20.3 Å². The standard InChI is InChI=1S/C19H21N5O6S/c20-19-23-15-12(17(28)24-19)6-10(21-15)3-1-2-4-11-5-9(8-31-11)16(27)22-13(18(29)30)7-14(25)26/h5-6,8,13H,1-4,7H2,(H,22,27)(H,25,26)(H,29,30)(H4,20,21,23,24,28)/t13-/m0/s1. The van der Waals surface area contributed by atoms with E-state index in [2.05, 4.69) is 20.3 Å². The highest BCUT2D eigenvalue weighted by atomic mass is 32.1. The molecule has 11 nitrogen and oxygen atoms in total. The molecule has 0 aromatic carbocycles. The van der Waals surface area contributed by atoms with E-state index in [0.717, 1.165) is 29.8 Å². The van der Waals surface area contributed by atoms with Gasteiger partial charge in [0.1, 0.15) is 11.7 Å². The first-order valence-electron chi connectivity index (χ1n) is 9.43. The number of H-pyrrole nitrogens is 2. The summed E-state index contributed by atoms with van der Waals surface area (Å²) in [6.07, 6.45) is 2.41. The summed E-state index contributed by atoms with van der Waals surface area (Å²) in [6.45, 7) is 0. The van der Waals surface area contributed by atoms with Crippen molar-refractivity contribution in [3.63, 3.8) is 0 Å². The lowest BCUT2D eigenvalue weighted by Gasteiger charge is -2.11. The van der Waals surface area contributed by atoms with E-state index < -0.39 is 30.3 Å². The summed E-state index contributed by atoms with van der Waals surface area (Å²) in [5.74, 6) is -3.27. The average Bonchev–Trinajstić information content (AvgIpc) is 3.31. The van der Waals surface area contributed by atoms with Gasteiger partial charge >= 0.3 is 11.9 Å². The van der Waals surface area contributed by atoms with Crippen LogP contribution in [0.5, 0.6) is 0 Å². The minimum atomic E-state index is -1.48. The number of unbranched alkanes of at least 4 members (excludes halogenated alkanes) is 1. The fraction of sp³-hybridized carbons (Fsp3) is 0.316. The minimum absolute atomic E-state index is 0.0565. The van der Waals surface area contributed by atoms with Crippen molar-refractivity contribution in [3.05, 3.63) is 44.0 Å². The Morgan fingerprint density at radius 1 is 1.16 bits per heavy atom. The first-order chi connectivity index (χ1) is 14.7. The number of carboxylic acids is 2. The molecule has 0 saturated carbocycles. The lowest BCUT2D eigenvalue weighted by atomic mass is 10.1. The third-order valence-corrected chi connectivity index (χ3v) is 5.59. The third kappa shape index (κ3) is 5.69. The Bertz CT molecular complexity index is 1180. The molecule has 3 aromatic heterocycles. The van der Waals surface area contributed by atoms with Crippen LogP contribution in [0.15, 0.2) is 22.3 Å². The number of carbonyl (C=O) groups is 3. The maximum atomic E-state index is 12.2. The summed E-state index contributed by atoms with van der Waals surface area (Å²) in [7, 11) is 0. The summed E-state index contributed by atoms with van der Waals surface area (Å²) in [5.41, 5.74) is 6.88. The van der Waals surface area contributed by atoms with Crippen LogP contribution in [0.25, 0.3) is 11.0 Å². The normalized spacial score (nSPS) is 12.0. The van der Waals surface area contributed by atoms with Crippen LogP contribution in [0, 0.1) is 0 Å². The molecule has 0 spiro atoms. The number of amides is 1. The highest BCUT2D eigenvalue weighted by molar-refractivity contribution is 7.10. The van der Waals surface area contributed by atoms with Crippen molar-refractivity contribution in [3.8, 4) is 0 Å². The third-order valence-electron chi connectivity index (χ3n) is 4.59. The number of hydrogen-bond donors (Lipinski definition) is 6. The monoisotopic (exact) mass is 447 g/mol. The number of nitrogens with zero attached hydrogens (tertiary/aromatic N) is 1. The molecule has 0 bridgehead atoms. The lowest BCUT2D eigenvalue weighted by molar-refractivity contribution is -0.145. The van der Waals surface area contributed by atoms with E-state index in [-0.39, 0.29) is 11.5 Å². The number of aromatic amines is 2. The quantitative estimate of drug-likeness (QED) is 0.249. The van der Waals surface area contributed by atoms with Gasteiger partial charge in [0.25, 0.3) is 11.5 Å². The fourth-order valence-electron chi connectivity index (χ4n) is 3.09. The Kier molecular flexibility index (Phi) is 6.70. The van der Waals surface area contributed by atoms with E-state index in [1.165, 1.54) is 11.3 Å². The Balaban J connectivity index is 1.50. The van der Waals surface area contributed by atoms with Crippen LogP contribution in [0.1, 0.15) is 40.2 Å². The van der Waals surface area contributed by atoms with Crippen LogP contribution in [-0.2, 0) is 22.4 Å². The molecule has 12 heteroatoms. The van der Waals surface area contributed by atoms with Gasteiger partial charge in [0.15, 0.2) is 0 Å². The number of carbonyl (C=O) groups excluding carboxylic acids is 1. The van der Waals surface area contributed by atoms with Crippen LogP contribution < -0.4 is 16.6 Å². The molecule has 0 saturated heterocycles. The number of fused-ring (bicyclic) bond motifs is 1. The molecule has 31 heavy (non-hydrogen) atoms. The number of anilines is 1. The van der Waals surface area contributed by atoms with Gasteiger partial charge in [0.05, 0.1) is 17.4 Å². The number of thiophene rings is 1. The molecule has 1 atom stereocenters. The van der Waals surface area contributed by atoms with Crippen LogP contribution in [0.2, 0.25) is 0 Å². The van der Waals surface area contributed by atoms with Gasteiger partial charge in [0.2, 0.25) is 5.95 Å². The molecule has 0 radical (unpaired) electrons. The summed E-state index contributed by atoms with van der Waals surface area (Å²) >= 11 is 1.38. The van der Waals surface area contributed by atoms with Gasteiger partial charge < -0.3 is 26.2 Å². The van der Waals surface area contributed by atoms with Crippen molar-refractivity contribution < 1.29 is 24.6 Å². The summed E-state index contributed by atoms with van der Waals surface area (Å²) < 4.78 is 0. The zero-order valence-corrected chi connectivity index (χ0v) is 17.1. The van der Waals surface area contributed by atoms with Gasteiger partial charge in [-0.15, -0.1) is 11.3 Å². The van der Waals surface area contributed by atoms with Gasteiger partial charge in [-0.1, -0.05) is 0 Å². The molecule has 7 N–H and O–H groups in total. The van der Waals surface area contributed by atoms with Crippen LogP contribution in [0.3, 0.4) is 0 Å². The molecule has 3 heterocycles. The fourth-order valence-corrected chi connectivity index (χ4v) is 4.00. The zero-order chi connectivity index (χ0) is 22.5. The number of hydrogen-bond acceptors (Lipinski definition) is 7. The zero-order valence-electron chi connectivity index (χ0n) is 16.3. The highest BCUT2D eigenvalue weighted by Crippen LogP contribution is 2.19. The second kappa shape index (κ2) is 9.43. The van der Waals surface area contributed by atoms with Gasteiger partial charge in [-0.25, -0.2) is 4.79 Å². The first kappa shape index (κ1) is 22.0. The Hall–Kier alpha value is -3.67. The van der Waals surface area contributed by atoms with Crippen LogP contribution in [-0.4, -0.2) is 49.1 Å². The molecular weight excluding hydrogens is 426 g/mol. The van der Waals surface area contributed by atoms with Gasteiger partial charge in [-0.3, -0.25) is 19.4 Å². The van der Waals surface area contributed by atoms with Gasteiger partial charge in [-0.2, -0.15) is 4.98 Å². The number of carboxylic acid groups (broad SMARTS) is 2. The number of nitrogen functional groups attached to an aromatic ring is 1. The largest absolute Gasteiger partial charge is 0.481 e. The molecule has 0 aliphatic carbocycles. The van der Waals surface area contributed by atoms with Crippen LogP contribution >= 0.6 is 11.3 Å². The molecule has 3 aromatic rings. The summed E-state index contributed by atoms with van der Waals surface area (Å²) in [5, 5.41) is 22.1. The lowest BCUT2D eigenvalue weighted by Crippen LogP contribution is -2.42. The smallest absolute Gasteiger partial charge is 0.326 e. The van der Waals surface area contributed by atoms with E-state index in [1.807, 2.05) is 0 Å². The van der Waals surface area contributed by atoms with E-state index in [4.69, 9.17) is 15.9 Å². The Morgan fingerprint density at radius 3 is 2.61 bits per heavy atom.